The molecular formula is C18H27NO3. The van der Waals surface area contributed by atoms with Gasteiger partial charge in [0, 0.05) is 0 Å². The van der Waals surface area contributed by atoms with E-state index in [9.17, 15) is 14.7 Å². The molecule has 122 valence electrons. The van der Waals surface area contributed by atoms with Gasteiger partial charge in [-0.05, 0) is 24.1 Å². The third kappa shape index (κ3) is 6.29. The largest absolute Gasteiger partial charge is 0.508 e. The Morgan fingerprint density at radius 3 is 2.09 bits per heavy atom. The number of primary amides is 1. The summed E-state index contributed by atoms with van der Waals surface area (Å²) in [6.45, 7) is 2.19. The van der Waals surface area contributed by atoms with E-state index in [0.29, 0.717) is 6.42 Å². The van der Waals surface area contributed by atoms with Crippen molar-refractivity contribution in [3.05, 3.63) is 29.8 Å². The van der Waals surface area contributed by atoms with Gasteiger partial charge in [-0.25, -0.2) is 0 Å². The third-order valence-electron chi connectivity index (χ3n) is 3.95. The highest BCUT2D eigenvalue weighted by Gasteiger charge is 2.24. The highest BCUT2D eigenvalue weighted by molar-refractivity contribution is 6.37. The number of phenolic OH excluding ortho intramolecular Hbond substituents is 1. The molecule has 1 aromatic rings. The van der Waals surface area contributed by atoms with Crippen LogP contribution in [0.2, 0.25) is 0 Å². The van der Waals surface area contributed by atoms with Gasteiger partial charge < -0.3 is 10.8 Å². The molecule has 0 aliphatic carbocycles. The fraction of sp³-hybridized carbons (Fsp3) is 0.556. The lowest BCUT2D eigenvalue weighted by Crippen LogP contribution is -2.28. The summed E-state index contributed by atoms with van der Waals surface area (Å²) in [5, 5.41) is 9.33. The van der Waals surface area contributed by atoms with E-state index in [1.807, 2.05) is 0 Å². The van der Waals surface area contributed by atoms with Crippen LogP contribution in [-0.4, -0.2) is 16.8 Å². The summed E-state index contributed by atoms with van der Waals surface area (Å²) in [7, 11) is 0. The van der Waals surface area contributed by atoms with Crippen LogP contribution in [0.15, 0.2) is 24.3 Å². The molecule has 1 amide bonds. The first-order valence-electron chi connectivity index (χ1n) is 8.18. The number of benzene rings is 1. The van der Waals surface area contributed by atoms with E-state index in [-0.39, 0.29) is 5.75 Å². The summed E-state index contributed by atoms with van der Waals surface area (Å²) in [4.78, 5) is 23.2. The van der Waals surface area contributed by atoms with E-state index >= 15 is 0 Å². The summed E-state index contributed by atoms with van der Waals surface area (Å²) in [5.74, 6) is -1.78. The van der Waals surface area contributed by atoms with Gasteiger partial charge in [-0.15, -0.1) is 0 Å². The van der Waals surface area contributed by atoms with Crippen molar-refractivity contribution in [1.29, 1.82) is 0 Å². The van der Waals surface area contributed by atoms with Crippen molar-refractivity contribution in [3.8, 4) is 5.75 Å². The van der Waals surface area contributed by atoms with Crippen molar-refractivity contribution in [1.82, 2.24) is 0 Å². The molecule has 0 bridgehead atoms. The number of unbranched alkanes of at least 4 members (excludes halogenated alkanes) is 6. The lowest BCUT2D eigenvalue weighted by Gasteiger charge is -2.14. The van der Waals surface area contributed by atoms with Crippen molar-refractivity contribution >= 4 is 11.7 Å². The number of hydrogen-bond donors (Lipinski definition) is 2. The Morgan fingerprint density at radius 2 is 1.55 bits per heavy atom. The van der Waals surface area contributed by atoms with Gasteiger partial charge in [-0.2, -0.15) is 0 Å². The summed E-state index contributed by atoms with van der Waals surface area (Å²) < 4.78 is 0. The van der Waals surface area contributed by atoms with E-state index in [1.54, 1.807) is 12.1 Å². The van der Waals surface area contributed by atoms with Crippen LogP contribution < -0.4 is 5.73 Å². The molecule has 0 spiro atoms. The Hall–Kier alpha value is -1.84. The first-order valence-corrected chi connectivity index (χ1v) is 8.18. The van der Waals surface area contributed by atoms with Gasteiger partial charge in [0.25, 0.3) is 5.91 Å². The maximum Gasteiger partial charge on any atom is 0.285 e. The number of phenols is 1. The SMILES string of the molecule is CCCCCCCCCC(C(=O)C(N)=O)c1ccc(O)cc1. The second-order valence-corrected chi connectivity index (χ2v) is 5.78. The highest BCUT2D eigenvalue weighted by atomic mass is 16.3. The number of amides is 1. The van der Waals surface area contributed by atoms with E-state index in [2.05, 4.69) is 6.92 Å². The summed E-state index contributed by atoms with van der Waals surface area (Å²) in [6, 6.07) is 6.42. The molecule has 3 N–H and O–H groups in total. The lowest BCUT2D eigenvalue weighted by molar-refractivity contribution is -0.137. The van der Waals surface area contributed by atoms with Gasteiger partial charge in [-0.1, -0.05) is 64.0 Å². The van der Waals surface area contributed by atoms with Crippen molar-refractivity contribution in [2.75, 3.05) is 0 Å². The Bertz CT molecular complexity index is 468. The van der Waals surface area contributed by atoms with Crippen molar-refractivity contribution in [3.63, 3.8) is 0 Å². The van der Waals surface area contributed by atoms with Gasteiger partial charge in [0.05, 0.1) is 5.92 Å². The van der Waals surface area contributed by atoms with Crippen molar-refractivity contribution < 1.29 is 14.7 Å². The predicted octanol–water partition coefficient (Wildman–Crippen LogP) is 3.67. The molecule has 22 heavy (non-hydrogen) atoms. The number of carbonyl (C=O) groups excluding carboxylic acids is 2. The molecule has 0 heterocycles. The molecule has 0 aliphatic heterocycles. The van der Waals surface area contributed by atoms with Crippen LogP contribution in [0.1, 0.15) is 69.8 Å². The van der Waals surface area contributed by atoms with Crippen LogP contribution in [0.25, 0.3) is 0 Å². The van der Waals surface area contributed by atoms with E-state index in [0.717, 1.165) is 24.8 Å². The number of hydrogen-bond acceptors (Lipinski definition) is 3. The van der Waals surface area contributed by atoms with Crippen LogP contribution >= 0.6 is 0 Å². The minimum atomic E-state index is -0.888. The quantitative estimate of drug-likeness (QED) is 0.483. The molecular weight excluding hydrogens is 278 g/mol. The minimum absolute atomic E-state index is 0.143. The molecule has 0 saturated heterocycles. The Kier molecular flexibility index (Phi) is 8.26. The molecule has 0 aromatic heterocycles. The maximum absolute atomic E-state index is 12.0. The summed E-state index contributed by atoms with van der Waals surface area (Å²) >= 11 is 0. The number of nitrogens with two attached hydrogens (primary N) is 1. The molecule has 1 aromatic carbocycles. The molecule has 0 fully saturated rings. The van der Waals surface area contributed by atoms with Gasteiger partial charge in [-0.3, -0.25) is 9.59 Å². The second-order valence-electron chi connectivity index (χ2n) is 5.78. The van der Waals surface area contributed by atoms with E-state index in [4.69, 9.17) is 5.73 Å². The molecule has 1 unspecified atom stereocenters. The molecule has 1 atom stereocenters. The molecule has 4 heteroatoms. The van der Waals surface area contributed by atoms with E-state index in [1.165, 1.54) is 37.8 Å². The molecule has 0 aliphatic rings. The van der Waals surface area contributed by atoms with Crippen molar-refractivity contribution in [2.45, 2.75) is 64.2 Å². The van der Waals surface area contributed by atoms with E-state index < -0.39 is 17.6 Å². The zero-order valence-corrected chi connectivity index (χ0v) is 13.4. The number of ketones is 1. The summed E-state index contributed by atoms with van der Waals surface area (Å²) in [5.41, 5.74) is 5.89. The monoisotopic (exact) mass is 305 g/mol. The predicted molar refractivity (Wildman–Crippen MR) is 87.7 cm³/mol. The number of carbonyl (C=O) groups is 2. The number of rotatable bonds is 11. The highest BCUT2D eigenvalue weighted by Crippen LogP contribution is 2.25. The van der Waals surface area contributed by atoms with Gasteiger partial charge in [0.1, 0.15) is 5.75 Å². The fourth-order valence-corrected chi connectivity index (χ4v) is 2.63. The standard InChI is InChI=1S/C18H27NO3/c1-2-3-4-5-6-7-8-9-16(17(21)18(19)22)14-10-12-15(20)13-11-14/h10-13,16,20H,2-9H2,1H3,(H2,19,22). The molecule has 0 saturated carbocycles. The summed E-state index contributed by atoms with van der Waals surface area (Å²) in [6.07, 6.45) is 8.74. The maximum atomic E-state index is 12.0. The first-order chi connectivity index (χ1) is 10.6. The minimum Gasteiger partial charge on any atom is -0.508 e. The Labute approximate surface area is 132 Å². The lowest BCUT2D eigenvalue weighted by atomic mass is 9.89. The Balaban J connectivity index is 2.51. The van der Waals surface area contributed by atoms with Crippen LogP contribution in [0.3, 0.4) is 0 Å². The van der Waals surface area contributed by atoms with Crippen molar-refractivity contribution in [2.24, 2.45) is 5.73 Å². The zero-order valence-electron chi connectivity index (χ0n) is 13.4. The normalized spacial score (nSPS) is 12.0. The number of Topliss-reactive ketones (excluding diaryl/α,β-unsaturated/α-hetero) is 1. The fourth-order valence-electron chi connectivity index (χ4n) is 2.63. The van der Waals surface area contributed by atoms with Crippen LogP contribution in [0.5, 0.6) is 5.75 Å². The van der Waals surface area contributed by atoms with Crippen LogP contribution in [-0.2, 0) is 9.59 Å². The average molecular weight is 305 g/mol. The molecule has 4 nitrogen and oxygen atoms in total. The van der Waals surface area contributed by atoms with Gasteiger partial charge >= 0.3 is 0 Å². The van der Waals surface area contributed by atoms with Crippen LogP contribution in [0.4, 0.5) is 0 Å². The van der Waals surface area contributed by atoms with Crippen LogP contribution in [0, 0.1) is 0 Å². The molecule has 0 radical (unpaired) electrons. The number of aromatic hydroxyl groups is 1. The smallest absolute Gasteiger partial charge is 0.285 e. The van der Waals surface area contributed by atoms with Gasteiger partial charge in [0.15, 0.2) is 0 Å². The first kappa shape index (κ1) is 18.2. The zero-order chi connectivity index (χ0) is 16.4. The Morgan fingerprint density at radius 1 is 1.00 bits per heavy atom. The topological polar surface area (TPSA) is 80.4 Å². The average Bonchev–Trinajstić information content (AvgIpc) is 2.50. The third-order valence-corrected chi connectivity index (χ3v) is 3.95. The van der Waals surface area contributed by atoms with Gasteiger partial charge in [0.2, 0.25) is 5.78 Å². The second kappa shape index (κ2) is 9.98. The molecule has 1 rings (SSSR count).